The fraction of sp³-hybridized carbons (Fsp3) is 0.0667. The molecule has 0 aromatic heterocycles. The molecule has 0 radical (unpaired) electrons. The van der Waals surface area contributed by atoms with Gasteiger partial charge in [0.25, 0.3) is 11.8 Å². The fourth-order valence-electron chi connectivity index (χ4n) is 3.50. The zero-order valence-corrected chi connectivity index (χ0v) is 22.5. The number of halogens is 1. The normalized spacial score (nSPS) is 10.6. The third-order valence-electron chi connectivity index (χ3n) is 5.39. The summed E-state index contributed by atoms with van der Waals surface area (Å²) in [6, 6.07) is 27.1. The number of amides is 2. The Bertz CT molecular complexity index is 1510. The van der Waals surface area contributed by atoms with E-state index >= 15 is 0 Å². The van der Waals surface area contributed by atoms with E-state index in [4.69, 9.17) is 9.47 Å². The average Bonchev–Trinajstić information content (AvgIpc) is 2.95. The van der Waals surface area contributed by atoms with Gasteiger partial charge in [-0.25, -0.2) is 10.2 Å². The van der Waals surface area contributed by atoms with Crippen LogP contribution in [0, 0.1) is 0 Å². The molecule has 0 unspecified atom stereocenters. The maximum absolute atomic E-state index is 12.8. The number of carbonyl (C=O) groups is 3. The molecule has 0 saturated heterocycles. The first-order chi connectivity index (χ1) is 18.9. The topological polar surface area (TPSA) is 106 Å². The van der Waals surface area contributed by atoms with Crippen molar-refractivity contribution in [2.45, 2.75) is 6.92 Å². The van der Waals surface area contributed by atoms with Crippen molar-refractivity contribution in [3.05, 3.63) is 124 Å². The van der Waals surface area contributed by atoms with Crippen molar-refractivity contribution < 1.29 is 23.9 Å². The van der Waals surface area contributed by atoms with E-state index < -0.39 is 11.9 Å². The molecule has 196 valence electrons. The lowest BCUT2D eigenvalue weighted by Crippen LogP contribution is -2.21. The van der Waals surface area contributed by atoms with Crippen LogP contribution in [0.15, 0.2) is 107 Å². The standard InChI is InChI=1S/C30H24BrN3O5/c1-2-38-27-18-20(12-17-26(27)39-30(37)22-8-4-3-5-9-22)19-32-34-29(36)24-10-6-7-11-25(24)33-28(35)21-13-15-23(31)16-14-21/h3-19H,2H2,1H3,(H,33,35)(H,34,36)/b32-19-. The highest BCUT2D eigenvalue weighted by atomic mass is 79.9. The molecule has 4 rings (SSSR count). The van der Waals surface area contributed by atoms with E-state index in [1.165, 1.54) is 6.21 Å². The number of hydrazone groups is 1. The highest BCUT2D eigenvalue weighted by molar-refractivity contribution is 9.10. The number of ether oxygens (including phenoxy) is 2. The Labute approximate surface area is 233 Å². The van der Waals surface area contributed by atoms with Gasteiger partial charge in [0.15, 0.2) is 11.5 Å². The van der Waals surface area contributed by atoms with Crippen LogP contribution < -0.4 is 20.2 Å². The van der Waals surface area contributed by atoms with Gasteiger partial charge < -0.3 is 14.8 Å². The summed E-state index contributed by atoms with van der Waals surface area (Å²) in [5.41, 5.74) is 4.55. The molecule has 39 heavy (non-hydrogen) atoms. The molecule has 0 bridgehead atoms. The Balaban J connectivity index is 1.43. The lowest BCUT2D eigenvalue weighted by atomic mass is 10.1. The van der Waals surface area contributed by atoms with Crippen molar-refractivity contribution in [1.82, 2.24) is 5.43 Å². The van der Waals surface area contributed by atoms with E-state index in [0.717, 1.165) is 4.47 Å². The van der Waals surface area contributed by atoms with Crippen LogP contribution in [0.3, 0.4) is 0 Å². The Morgan fingerprint density at radius 3 is 2.28 bits per heavy atom. The van der Waals surface area contributed by atoms with Gasteiger partial charge in [0.2, 0.25) is 0 Å². The molecule has 0 aliphatic carbocycles. The number of hydrogen-bond acceptors (Lipinski definition) is 6. The maximum atomic E-state index is 12.8. The van der Waals surface area contributed by atoms with E-state index in [1.54, 1.807) is 91.0 Å². The Morgan fingerprint density at radius 2 is 1.54 bits per heavy atom. The molecule has 9 heteroatoms. The van der Waals surface area contributed by atoms with E-state index in [2.05, 4.69) is 31.8 Å². The Kier molecular flexibility index (Phi) is 9.20. The molecular formula is C30H24BrN3O5. The summed E-state index contributed by atoms with van der Waals surface area (Å²) in [6.45, 7) is 2.17. The largest absolute Gasteiger partial charge is 0.490 e. The van der Waals surface area contributed by atoms with Crippen LogP contribution >= 0.6 is 15.9 Å². The lowest BCUT2D eigenvalue weighted by molar-refractivity contribution is 0.0728. The molecule has 0 spiro atoms. The predicted octanol–water partition coefficient (Wildman–Crippen LogP) is 6.08. The van der Waals surface area contributed by atoms with Crippen LogP contribution in [0.1, 0.15) is 43.6 Å². The van der Waals surface area contributed by atoms with E-state index in [-0.39, 0.29) is 17.2 Å². The molecule has 4 aromatic rings. The van der Waals surface area contributed by atoms with Crippen molar-refractivity contribution in [2.75, 3.05) is 11.9 Å². The first kappa shape index (κ1) is 27.3. The van der Waals surface area contributed by atoms with Crippen LogP contribution in [-0.2, 0) is 0 Å². The van der Waals surface area contributed by atoms with Crippen molar-refractivity contribution in [2.24, 2.45) is 5.10 Å². The summed E-state index contributed by atoms with van der Waals surface area (Å²) in [6.07, 6.45) is 1.44. The number of benzene rings is 4. The number of hydrogen-bond donors (Lipinski definition) is 2. The number of para-hydroxylation sites is 1. The quantitative estimate of drug-likeness (QED) is 0.107. The minimum atomic E-state index is -0.504. The minimum absolute atomic E-state index is 0.248. The molecule has 2 N–H and O–H groups in total. The molecule has 2 amide bonds. The van der Waals surface area contributed by atoms with Gasteiger partial charge in [-0.15, -0.1) is 0 Å². The second kappa shape index (κ2) is 13.2. The first-order valence-corrected chi connectivity index (χ1v) is 12.8. The first-order valence-electron chi connectivity index (χ1n) is 12.0. The fourth-order valence-corrected chi connectivity index (χ4v) is 3.77. The average molecular weight is 586 g/mol. The molecule has 4 aromatic carbocycles. The number of nitrogens with zero attached hydrogens (tertiary/aromatic N) is 1. The van der Waals surface area contributed by atoms with Gasteiger partial charge in [-0.1, -0.05) is 46.3 Å². The van der Waals surface area contributed by atoms with Gasteiger partial charge in [-0.05, 0) is 79.2 Å². The lowest BCUT2D eigenvalue weighted by Gasteiger charge is -2.11. The van der Waals surface area contributed by atoms with Crippen LogP contribution in [0.4, 0.5) is 5.69 Å². The molecule has 0 saturated carbocycles. The Morgan fingerprint density at radius 1 is 0.821 bits per heavy atom. The monoisotopic (exact) mass is 585 g/mol. The highest BCUT2D eigenvalue weighted by Gasteiger charge is 2.15. The summed E-state index contributed by atoms with van der Waals surface area (Å²) in [5.74, 6) is -0.726. The molecule has 0 atom stereocenters. The number of carbonyl (C=O) groups excluding carboxylic acids is 3. The van der Waals surface area contributed by atoms with Crippen molar-refractivity contribution in [3.63, 3.8) is 0 Å². The molecule has 0 aliphatic rings. The number of esters is 1. The van der Waals surface area contributed by atoms with Gasteiger partial charge >= 0.3 is 5.97 Å². The van der Waals surface area contributed by atoms with Crippen LogP contribution in [-0.4, -0.2) is 30.6 Å². The summed E-state index contributed by atoms with van der Waals surface area (Å²) < 4.78 is 12.0. The summed E-state index contributed by atoms with van der Waals surface area (Å²) >= 11 is 3.34. The molecule has 0 fully saturated rings. The van der Waals surface area contributed by atoms with Crippen LogP contribution in [0.5, 0.6) is 11.5 Å². The van der Waals surface area contributed by atoms with E-state index in [0.29, 0.717) is 34.7 Å². The minimum Gasteiger partial charge on any atom is -0.490 e. The van der Waals surface area contributed by atoms with Gasteiger partial charge in [0, 0.05) is 10.0 Å². The van der Waals surface area contributed by atoms with Crippen molar-refractivity contribution in [3.8, 4) is 11.5 Å². The predicted molar refractivity (Wildman–Crippen MR) is 153 cm³/mol. The zero-order valence-electron chi connectivity index (χ0n) is 20.9. The molecular weight excluding hydrogens is 562 g/mol. The van der Waals surface area contributed by atoms with E-state index in [1.807, 2.05) is 13.0 Å². The molecule has 8 nitrogen and oxygen atoms in total. The van der Waals surface area contributed by atoms with Gasteiger partial charge in [0.1, 0.15) is 0 Å². The van der Waals surface area contributed by atoms with Gasteiger partial charge in [-0.3, -0.25) is 9.59 Å². The van der Waals surface area contributed by atoms with Crippen LogP contribution in [0.25, 0.3) is 0 Å². The SMILES string of the molecule is CCOc1cc(/C=N\NC(=O)c2ccccc2NC(=O)c2ccc(Br)cc2)ccc1OC(=O)c1ccccc1. The highest BCUT2D eigenvalue weighted by Crippen LogP contribution is 2.29. The summed E-state index contributed by atoms with van der Waals surface area (Å²) in [5, 5.41) is 6.81. The van der Waals surface area contributed by atoms with Gasteiger partial charge in [-0.2, -0.15) is 5.10 Å². The third-order valence-corrected chi connectivity index (χ3v) is 5.91. The Hall–Kier alpha value is -4.76. The molecule has 0 heterocycles. The number of anilines is 1. The summed E-state index contributed by atoms with van der Waals surface area (Å²) in [4.78, 5) is 37.9. The van der Waals surface area contributed by atoms with E-state index in [9.17, 15) is 14.4 Å². The summed E-state index contributed by atoms with van der Waals surface area (Å²) in [7, 11) is 0. The van der Waals surface area contributed by atoms with Gasteiger partial charge in [0.05, 0.1) is 29.6 Å². The smallest absolute Gasteiger partial charge is 0.343 e. The maximum Gasteiger partial charge on any atom is 0.343 e. The third kappa shape index (κ3) is 7.39. The second-order valence-corrected chi connectivity index (χ2v) is 9.02. The van der Waals surface area contributed by atoms with Crippen molar-refractivity contribution >= 4 is 45.6 Å². The number of nitrogens with one attached hydrogen (secondary N) is 2. The van der Waals surface area contributed by atoms with Crippen LogP contribution in [0.2, 0.25) is 0 Å². The second-order valence-electron chi connectivity index (χ2n) is 8.10. The number of rotatable bonds is 9. The zero-order chi connectivity index (χ0) is 27.6. The van der Waals surface area contributed by atoms with Crippen molar-refractivity contribution in [1.29, 1.82) is 0 Å². The molecule has 0 aliphatic heterocycles.